The molecule has 5 heteroatoms. The van der Waals surface area contributed by atoms with Crippen molar-refractivity contribution in [3.8, 4) is 5.75 Å². The Kier molecular flexibility index (Phi) is 2.77. The third kappa shape index (κ3) is 2.29. The molecular weight excluding hydrogens is 211 g/mol. The molecule has 0 bridgehead atoms. The van der Waals surface area contributed by atoms with Crippen LogP contribution in [0.3, 0.4) is 0 Å². The Balaban J connectivity index is 2.30. The summed E-state index contributed by atoms with van der Waals surface area (Å²) in [4.78, 5) is 16.7. The van der Waals surface area contributed by atoms with Crippen molar-refractivity contribution in [3.05, 3.63) is 23.8 Å². The average molecular weight is 224 g/mol. The van der Waals surface area contributed by atoms with Crippen molar-refractivity contribution >= 4 is 5.91 Å². The van der Waals surface area contributed by atoms with Crippen LogP contribution in [0.15, 0.2) is 12.3 Å². The minimum Gasteiger partial charge on any atom is -0.488 e. The van der Waals surface area contributed by atoms with Gasteiger partial charge in [-0.15, -0.1) is 0 Å². The number of aromatic nitrogens is 1. The number of nitrogens with zero attached hydrogens (tertiary/aromatic N) is 2. The molecule has 0 radical (unpaired) electrons. The third-order valence-electron chi connectivity index (χ3n) is 2.29. The number of hydrogen-bond donors (Lipinski definition) is 0. The number of ether oxygens (including phenoxy) is 1. The molecule has 1 saturated carbocycles. The third-order valence-corrected chi connectivity index (χ3v) is 2.29. The van der Waals surface area contributed by atoms with E-state index >= 15 is 0 Å². The number of carbonyl (C=O) groups is 1. The summed E-state index contributed by atoms with van der Waals surface area (Å²) in [7, 11) is 3.23. The van der Waals surface area contributed by atoms with Crippen LogP contribution in [0.5, 0.6) is 5.75 Å². The summed E-state index contributed by atoms with van der Waals surface area (Å²) in [5, 5.41) is 0. The smallest absolute Gasteiger partial charge is 0.257 e. The summed E-state index contributed by atoms with van der Waals surface area (Å²) < 4.78 is 18.5. The van der Waals surface area contributed by atoms with Gasteiger partial charge in [0, 0.05) is 20.2 Å². The highest BCUT2D eigenvalue weighted by Crippen LogP contribution is 2.29. The van der Waals surface area contributed by atoms with Gasteiger partial charge < -0.3 is 9.64 Å². The van der Waals surface area contributed by atoms with Crippen LogP contribution >= 0.6 is 0 Å². The summed E-state index contributed by atoms with van der Waals surface area (Å²) in [5.41, 5.74) is 0.226. The molecule has 1 aliphatic rings. The average Bonchev–Trinajstić information content (AvgIpc) is 3.03. The Morgan fingerprint density at radius 1 is 1.56 bits per heavy atom. The number of pyridine rings is 1. The van der Waals surface area contributed by atoms with Gasteiger partial charge in [-0.3, -0.25) is 4.79 Å². The maximum absolute atomic E-state index is 13.0. The van der Waals surface area contributed by atoms with E-state index in [-0.39, 0.29) is 17.6 Å². The van der Waals surface area contributed by atoms with E-state index in [1.807, 2.05) is 0 Å². The molecule has 0 aromatic carbocycles. The molecule has 0 N–H and O–H groups in total. The monoisotopic (exact) mass is 224 g/mol. The molecule has 0 spiro atoms. The molecule has 0 saturated heterocycles. The first-order valence-electron chi connectivity index (χ1n) is 5.12. The Hall–Kier alpha value is -1.65. The minimum atomic E-state index is -0.673. The molecule has 1 aromatic heterocycles. The number of rotatable bonds is 3. The molecule has 2 rings (SSSR count). The van der Waals surface area contributed by atoms with E-state index in [4.69, 9.17) is 4.74 Å². The highest BCUT2D eigenvalue weighted by Gasteiger charge is 2.26. The van der Waals surface area contributed by atoms with Gasteiger partial charge in [-0.25, -0.2) is 4.98 Å². The first kappa shape index (κ1) is 10.9. The van der Waals surface area contributed by atoms with Gasteiger partial charge in [-0.05, 0) is 12.8 Å². The van der Waals surface area contributed by atoms with E-state index in [1.54, 1.807) is 14.1 Å². The van der Waals surface area contributed by atoms with Crippen molar-refractivity contribution in [2.75, 3.05) is 14.1 Å². The van der Waals surface area contributed by atoms with Gasteiger partial charge in [0.2, 0.25) is 5.95 Å². The number of amides is 1. The van der Waals surface area contributed by atoms with Gasteiger partial charge in [0.05, 0.1) is 17.9 Å². The fourth-order valence-corrected chi connectivity index (χ4v) is 1.28. The van der Waals surface area contributed by atoms with Crippen LogP contribution in [-0.2, 0) is 0 Å². The molecule has 1 heterocycles. The highest BCUT2D eigenvalue weighted by atomic mass is 19.1. The van der Waals surface area contributed by atoms with E-state index in [0.717, 1.165) is 18.9 Å². The van der Waals surface area contributed by atoms with Crippen molar-refractivity contribution < 1.29 is 13.9 Å². The van der Waals surface area contributed by atoms with Gasteiger partial charge in [0.25, 0.3) is 5.91 Å². The Labute approximate surface area is 93.0 Å². The maximum atomic E-state index is 13.0. The molecule has 1 aromatic rings. The fourth-order valence-electron chi connectivity index (χ4n) is 1.28. The summed E-state index contributed by atoms with van der Waals surface area (Å²) in [5.74, 6) is -0.590. The van der Waals surface area contributed by atoms with E-state index in [0.29, 0.717) is 5.75 Å². The maximum Gasteiger partial charge on any atom is 0.257 e. The first-order valence-corrected chi connectivity index (χ1v) is 5.12. The predicted molar refractivity (Wildman–Crippen MR) is 55.9 cm³/mol. The number of halogens is 1. The Morgan fingerprint density at radius 3 is 2.81 bits per heavy atom. The molecule has 16 heavy (non-hydrogen) atoms. The molecule has 1 aliphatic carbocycles. The van der Waals surface area contributed by atoms with Crippen LogP contribution in [0.4, 0.5) is 4.39 Å². The Bertz CT molecular complexity index is 416. The molecule has 86 valence electrons. The molecule has 0 unspecified atom stereocenters. The SMILES string of the molecule is CN(C)C(=O)c1cc(F)ncc1OC1CC1. The standard InChI is InChI=1S/C11H13FN2O2/c1-14(2)11(15)8-5-10(12)13-6-9(8)16-7-3-4-7/h5-7H,3-4H2,1-2H3. The second kappa shape index (κ2) is 4.08. The van der Waals surface area contributed by atoms with Crippen LogP contribution < -0.4 is 4.74 Å². The summed E-state index contributed by atoms with van der Waals surface area (Å²) >= 11 is 0. The van der Waals surface area contributed by atoms with Crippen molar-refractivity contribution in [2.24, 2.45) is 0 Å². The van der Waals surface area contributed by atoms with E-state index in [1.165, 1.54) is 11.1 Å². The highest BCUT2D eigenvalue weighted by molar-refractivity contribution is 5.96. The van der Waals surface area contributed by atoms with Crippen LogP contribution in [0, 0.1) is 5.95 Å². The molecule has 0 atom stereocenters. The van der Waals surface area contributed by atoms with Crippen LogP contribution in [0.1, 0.15) is 23.2 Å². The van der Waals surface area contributed by atoms with Crippen LogP contribution in [-0.4, -0.2) is 36.0 Å². The van der Waals surface area contributed by atoms with Gasteiger partial charge in [0.15, 0.2) is 5.75 Å². The second-order valence-electron chi connectivity index (χ2n) is 4.02. The quantitative estimate of drug-likeness (QED) is 0.730. The molecule has 0 aliphatic heterocycles. The normalized spacial score (nSPS) is 14.7. The summed E-state index contributed by atoms with van der Waals surface area (Å²) in [6, 6.07) is 1.11. The lowest BCUT2D eigenvalue weighted by Crippen LogP contribution is -2.23. The zero-order valence-electron chi connectivity index (χ0n) is 9.24. The van der Waals surface area contributed by atoms with Gasteiger partial charge in [-0.2, -0.15) is 4.39 Å². The fraction of sp³-hybridized carbons (Fsp3) is 0.455. The lowest BCUT2D eigenvalue weighted by atomic mass is 10.2. The molecule has 1 amide bonds. The summed E-state index contributed by atoms with van der Waals surface area (Å²) in [6.45, 7) is 0. The minimum absolute atomic E-state index is 0.154. The van der Waals surface area contributed by atoms with E-state index in [2.05, 4.69) is 4.98 Å². The second-order valence-corrected chi connectivity index (χ2v) is 4.02. The van der Waals surface area contributed by atoms with Crippen molar-refractivity contribution in [2.45, 2.75) is 18.9 Å². The zero-order chi connectivity index (χ0) is 11.7. The topological polar surface area (TPSA) is 42.4 Å². The van der Waals surface area contributed by atoms with Crippen molar-refractivity contribution in [1.82, 2.24) is 9.88 Å². The van der Waals surface area contributed by atoms with Gasteiger partial charge >= 0.3 is 0 Å². The largest absolute Gasteiger partial charge is 0.488 e. The predicted octanol–water partition coefficient (Wildman–Crippen LogP) is 1.46. The van der Waals surface area contributed by atoms with Crippen molar-refractivity contribution in [3.63, 3.8) is 0 Å². The molecule has 4 nitrogen and oxygen atoms in total. The van der Waals surface area contributed by atoms with Gasteiger partial charge in [0.1, 0.15) is 0 Å². The lowest BCUT2D eigenvalue weighted by molar-refractivity contribution is 0.0822. The Morgan fingerprint density at radius 2 is 2.25 bits per heavy atom. The van der Waals surface area contributed by atoms with Gasteiger partial charge in [-0.1, -0.05) is 0 Å². The van der Waals surface area contributed by atoms with E-state index < -0.39 is 5.95 Å². The number of carbonyl (C=O) groups excluding carboxylic acids is 1. The van der Waals surface area contributed by atoms with Crippen LogP contribution in [0.25, 0.3) is 0 Å². The molecular formula is C11H13FN2O2. The first-order chi connectivity index (χ1) is 7.58. The van der Waals surface area contributed by atoms with E-state index in [9.17, 15) is 9.18 Å². The number of hydrogen-bond acceptors (Lipinski definition) is 3. The summed E-state index contributed by atoms with van der Waals surface area (Å²) in [6.07, 6.45) is 3.38. The van der Waals surface area contributed by atoms with Crippen molar-refractivity contribution in [1.29, 1.82) is 0 Å². The molecule has 1 fully saturated rings. The lowest BCUT2D eigenvalue weighted by Gasteiger charge is -2.14. The van der Waals surface area contributed by atoms with Crippen LogP contribution in [0.2, 0.25) is 0 Å². The zero-order valence-corrected chi connectivity index (χ0v) is 9.24.